The molecular weight excluding hydrogens is 242 g/mol. The first kappa shape index (κ1) is 16.0. The summed E-state index contributed by atoms with van der Waals surface area (Å²) < 4.78 is 0. The lowest BCUT2D eigenvalue weighted by molar-refractivity contribution is -0.142. The maximum absolute atomic E-state index is 12.2. The lowest BCUT2D eigenvalue weighted by Gasteiger charge is -2.34. The average molecular weight is 269 g/mol. The number of nitrogens with two attached hydrogens (primary N) is 1. The van der Waals surface area contributed by atoms with Crippen LogP contribution in [0.15, 0.2) is 0 Å². The van der Waals surface area contributed by atoms with Crippen LogP contribution in [-0.2, 0) is 9.59 Å². The predicted molar refractivity (Wildman–Crippen MR) is 75.5 cm³/mol. The Morgan fingerprint density at radius 3 is 2.21 bits per heavy atom. The lowest BCUT2D eigenvalue weighted by atomic mass is 9.94. The van der Waals surface area contributed by atoms with Gasteiger partial charge in [-0.15, -0.1) is 0 Å². The van der Waals surface area contributed by atoms with E-state index in [9.17, 15) is 9.59 Å². The second-order valence-corrected chi connectivity index (χ2v) is 5.25. The van der Waals surface area contributed by atoms with Gasteiger partial charge in [-0.25, -0.2) is 0 Å². The van der Waals surface area contributed by atoms with Gasteiger partial charge in [-0.1, -0.05) is 6.92 Å². The van der Waals surface area contributed by atoms with Gasteiger partial charge in [0.2, 0.25) is 11.8 Å². The summed E-state index contributed by atoms with van der Waals surface area (Å²) in [5.41, 5.74) is 5.52. The zero-order chi connectivity index (χ0) is 14.4. The highest BCUT2D eigenvalue weighted by molar-refractivity contribution is 5.81. The van der Waals surface area contributed by atoms with E-state index in [-0.39, 0.29) is 23.7 Å². The molecule has 2 amide bonds. The summed E-state index contributed by atoms with van der Waals surface area (Å²) in [6.07, 6.45) is 1.55. The van der Waals surface area contributed by atoms with Crippen LogP contribution >= 0.6 is 0 Å². The molecule has 0 radical (unpaired) electrons. The highest BCUT2D eigenvalue weighted by atomic mass is 16.2. The zero-order valence-electron chi connectivity index (χ0n) is 12.4. The Morgan fingerprint density at radius 2 is 1.79 bits per heavy atom. The van der Waals surface area contributed by atoms with Crippen LogP contribution in [0, 0.1) is 11.8 Å². The summed E-state index contributed by atoms with van der Waals surface area (Å²) in [5, 5.41) is 0. The third-order valence-corrected chi connectivity index (χ3v) is 4.01. The van der Waals surface area contributed by atoms with E-state index >= 15 is 0 Å². The number of likely N-dealkylation sites (tertiary alicyclic amines) is 1. The summed E-state index contributed by atoms with van der Waals surface area (Å²) in [7, 11) is 0. The molecule has 5 heteroatoms. The molecule has 1 fully saturated rings. The van der Waals surface area contributed by atoms with Crippen molar-refractivity contribution in [3.63, 3.8) is 0 Å². The van der Waals surface area contributed by atoms with Crippen LogP contribution in [-0.4, -0.2) is 54.3 Å². The van der Waals surface area contributed by atoms with Gasteiger partial charge in [0.05, 0.1) is 0 Å². The van der Waals surface area contributed by atoms with E-state index in [2.05, 4.69) is 0 Å². The van der Waals surface area contributed by atoms with E-state index in [0.29, 0.717) is 19.6 Å². The van der Waals surface area contributed by atoms with Crippen molar-refractivity contribution in [2.24, 2.45) is 17.6 Å². The first-order chi connectivity index (χ1) is 9.04. The molecule has 0 aliphatic carbocycles. The normalized spacial score (nSPS) is 18.2. The molecule has 2 N–H and O–H groups in total. The topological polar surface area (TPSA) is 66.6 Å². The molecule has 0 saturated carbocycles. The number of rotatable bonds is 5. The van der Waals surface area contributed by atoms with Crippen LogP contribution in [0.25, 0.3) is 0 Å². The first-order valence-electron chi connectivity index (χ1n) is 7.32. The molecule has 1 aliphatic heterocycles. The highest BCUT2D eigenvalue weighted by Crippen LogP contribution is 2.20. The van der Waals surface area contributed by atoms with Crippen molar-refractivity contribution < 1.29 is 9.59 Å². The minimum atomic E-state index is -0.116. The van der Waals surface area contributed by atoms with Crippen molar-refractivity contribution in [1.82, 2.24) is 9.80 Å². The van der Waals surface area contributed by atoms with Crippen LogP contribution in [0.4, 0.5) is 0 Å². The number of nitrogens with zero attached hydrogens (tertiary/aromatic N) is 2. The summed E-state index contributed by atoms with van der Waals surface area (Å²) >= 11 is 0. The van der Waals surface area contributed by atoms with E-state index in [1.54, 1.807) is 0 Å². The Kier molecular flexibility index (Phi) is 6.28. The zero-order valence-corrected chi connectivity index (χ0v) is 12.4. The minimum absolute atomic E-state index is 0.0807. The Bertz CT molecular complexity index is 308. The molecule has 1 aliphatic rings. The number of amides is 2. The van der Waals surface area contributed by atoms with Gasteiger partial charge >= 0.3 is 0 Å². The van der Waals surface area contributed by atoms with Crippen LogP contribution in [0.3, 0.4) is 0 Å². The standard InChI is InChI=1S/C14H27N3O2/c1-4-16(5-2)14(19)12-6-8-17(9-7-12)13(18)11(3)10-15/h11-12H,4-10,15H2,1-3H3. The fraction of sp³-hybridized carbons (Fsp3) is 0.857. The molecule has 0 aromatic carbocycles. The van der Waals surface area contributed by atoms with E-state index in [1.807, 2.05) is 30.6 Å². The van der Waals surface area contributed by atoms with E-state index < -0.39 is 0 Å². The van der Waals surface area contributed by atoms with Gasteiger partial charge in [0.25, 0.3) is 0 Å². The van der Waals surface area contributed by atoms with Crippen LogP contribution < -0.4 is 5.73 Å². The van der Waals surface area contributed by atoms with E-state index in [0.717, 1.165) is 25.9 Å². The van der Waals surface area contributed by atoms with E-state index in [1.165, 1.54) is 0 Å². The summed E-state index contributed by atoms with van der Waals surface area (Å²) in [5.74, 6) is 0.326. The maximum atomic E-state index is 12.2. The van der Waals surface area contributed by atoms with Gasteiger partial charge in [0.1, 0.15) is 0 Å². The SMILES string of the molecule is CCN(CC)C(=O)C1CCN(C(=O)C(C)CN)CC1. The third-order valence-electron chi connectivity index (χ3n) is 4.01. The van der Waals surface area contributed by atoms with E-state index in [4.69, 9.17) is 5.73 Å². The Labute approximate surface area is 116 Å². The Balaban J connectivity index is 2.49. The van der Waals surface area contributed by atoms with Crippen LogP contribution in [0.5, 0.6) is 0 Å². The van der Waals surface area contributed by atoms with Crippen molar-refractivity contribution >= 4 is 11.8 Å². The molecule has 1 rings (SSSR count). The van der Waals surface area contributed by atoms with Gasteiger partial charge in [-0.2, -0.15) is 0 Å². The molecule has 0 spiro atoms. The molecule has 1 heterocycles. The van der Waals surface area contributed by atoms with Gasteiger partial charge in [-0.3, -0.25) is 9.59 Å². The molecule has 1 saturated heterocycles. The number of hydrogen-bond donors (Lipinski definition) is 1. The fourth-order valence-electron chi connectivity index (χ4n) is 2.55. The highest BCUT2D eigenvalue weighted by Gasteiger charge is 2.30. The minimum Gasteiger partial charge on any atom is -0.343 e. The predicted octanol–water partition coefficient (Wildman–Crippen LogP) is 0.688. The smallest absolute Gasteiger partial charge is 0.226 e. The number of carbonyl (C=O) groups excluding carboxylic acids is 2. The molecule has 1 atom stereocenters. The largest absolute Gasteiger partial charge is 0.343 e. The monoisotopic (exact) mass is 269 g/mol. The molecule has 1 unspecified atom stereocenters. The second-order valence-electron chi connectivity index (χ2n) is 5.25. The van der Waals surface area contributed by atoms with Crippen molar-refractivity contribution in [2.75, 3.05) is 32.7 Å². The third kappa shape index (κ3) is 3.93. The molecule has 0 aromatic rings. The number of hydrogen-bond acceptors (Lipinski definition) is 3. The molecule has 19 heavy (non-hydrogen) atoms. The second kappa shape index (κ2) is 7.48. The van der Waals surface area contributed by atoms with Gasteiger partial charge in [0.15, 0.2) is 0 Å². The summed E-state index contributed by atoms with van der Waals surface area (Å²) in [6, 6.07) is 0. The van der Waals surface area contributed by atoms with Gasteiger partial charge in [-0.05, 0) is 26.7 Å². The Morgan fingerprint density at radius 1 is 1.26 bits per heavy atom. The van der Waals surface area contributed by atoms with Crippen LogP contribution in [0.1, 0.15) is 33.6 Å². The van der Waals surface area contributed by atoms with Gasteiger partial charge in [0, 0.05) is 44.6 Å². The quantitative estimate of drug-likeness (QED) is 0.798. The number of piperidine rings is 1. The average Bonchev–Trinajstić information content (AvgIpc) is 2.47. The molecule has 5 nitrogen and oxygen atoms in total. The van der Waals surface area contributed by atoms with Crippen molar-refractivity contribution in [2.45, 2.75) is 33.6 Å². The summed E-state index contributed by atoms with van der Waals surface area (Å²) in [4.78, 5) is 28.0. The summed E-state index contributed by atoms with van der Waals surface area (Å²) in [6.45, 7) is 9.14. The lowest BCUT2D eigenvalue weighted by Crippen LogP contribution is -2.46. The van der Waals surface area contributed by atoms with Crippen LogP contribution in [0.2, 0.25) is 0 Å². The first-order valence-corrected chi connectivity index (χ1v) is 7.32. The van der Waals surface area contributed by atoms with Crippen molar-refractivity contribution in [3.8, 4) is 0 Å². The van der Waals surface area contributed by atoms with Crippen molar-refractivity contribution in [1.29, 1.82) is 0 Å². The molecule has 110 valence electrons. The maximum Gasteiger partial charge on any atom is 0.226 e. The van der Waals surface area contributed by atoms with Gasteiger partial charge < -0.3 is 15.5 Å². The number of carbonyl (C=O) groups is 2. The fourth-order valence-corrected chi connectivity index (χ4v) is 2.55. The van der Waals surface area contributed by atoms with Crippen molar-refractivity contribution in [3.05, 3.63) is 0 Å². The molecule has 0 bridgehead atoms. The molecule has 0 aromatic heterocycles. The Hall–Kier alpha value is -1.10. The molecular formula is C14H27N3O2.